The van der Waals surface area contributed by atoms with Crippen LogP contribution in [0.5, 0.6) is 5.75 Å². The van der Waals surface area contributed by atoms with E-state index in [2.05, 4.69) is 37.9 Å². The van der Waals surface area contributed by atoms with Crippen molar-refractivity contribution in [1.29, 1.82) is 0 Å². The van der Waals surface area contributed by atoms with E-state index in [9.17, 15) is 0 Å². The van der Waals surface area contributed by atoms with Crippen LogP contribution in [0.15, 0.2) is 42.6 Å². The molecule has 20 heavy (non-hydrogen) atoms. The summed E-state index contributed by atoms with van der Waals surface area (Å²) >= 11 is 5.85. The van der Waals surface area contributed by atoms with Crippen molar-refractivity contribution < 1.29 is 4.74 Å². The zero-order valence-corrected chi connectivity index (χ0v) is 12.9. The van der Waals surface area contributed by atoms with Gasteiger partial charge in [0.05, 0.1) is 0 Å². The Hall–Kier alpha value is -1.54. The highest BCUT2D eigenvalue weighted by Gasteiger charge is 2.17. The van der Waals surface area contributed by atoms with E-state index in [0.29, 0.717) is 11.8 Å². The van der Waals surface area contributed by atoms with Crippen LogP contribution in [-0.4, -0.2) is 4.98 Å². The van der Waals surface area contributed by atoms with Crippen molar-refractivity contribution in [2.24, 2.45) is 0 Å². The van der Waals surface area contributed by atoms with Crippen LogP contribution in [0.4, 0.5) is 0 Å². The van der Waals surface area contributed by atoms with E-state index >= 15 is 0 Å². The molecular formula is C17H20ClNO. The largest absolute Gasteiger partial charge is 0.489 e. The van der Waals surface area contributed by atoms with E-state index in [0.717, 1.165) is 17.7 Å². The van der Waals surface area contributed by atoms with E-state index in [1.165, 1.54) is 5.56 Å². The number of hydrogen-bond acceptors (Lipinski definition) is 2. The molecule has 0 amide bonds. The molecule has 0 bridgehead atoms. The predicted molar refractivity (Wildman–Crippen MR) is 83.3 cm³/mol. The minimum Gasteiger partial charge on any atom is -0.489 e. The van der Waals surface area contributed by atoms with Crippen LogP contribution in [0.1, 0.15) is 38.3 Å². The number of benzene rings is 1. The summed E-state index contributed by atoms with van der Waals surface area (Å²) in [6.07, 6.45) is 2.80. The number of ether oxygens (including phenoxy) is 1. The summed E-state index contributed by atoms with van der Waals surface area (Å²) in [6.45, 7) is 7.21. The van der Waals surface area contributed by atoms with Gasteiger partial charge in [-0.2, -0.15) is 0 Å². The van der Waals surface area contributed by atoms with Gasteiger partial charge in [0, 0.05) is 6.20 Å². The van der Waals surface area contributed by atoms with Crippen molar-refractivity contribution in [3.63, 3.8) is 0 Å². The molecule has 1 aromatic heterocycles. The van der Waals surface area contributed by atoms with Crippen LogP contribution < -0.4 is 4.74 Å². The Labute approximate surface area is 125 Å². The molecule has 2 rings (SSSR count). The molecule has 0 saturated heterocycles. The highest BCUT2D eigenvalue weighted by molar-refractivity contribution is 6.29. The summed E-state index contributed by atoms with van der Waals surface area (Å²) in [5, 5.41) is 0.492. The van der Waals surface area contributed by atoms with Crippen LogP contribution in [0, 0.1) is 0 Å². The minimum atomic E-state index is 0.206. The highest BCUT2D eigenvalue weighted by Crippen LogP contribution is 2.28. The molecule has 0 spiro atoms. The number of nitrogens with zero attached hydrogens (tertiary/aromatic N) is 1. The molecular weight excluding hydrogens is 270 g/mol. The average Bonchev–Trinajstić information content (AvgIpc) is 2.46. The zero-order chi connectivity index (χ0) is 14.6. The Morgan fingerprint density at radius 1 is 1.15 bits per heavy atom. The van der Waals surface area contributed by atoms with Gasteiger partial charge in [0.15, 0.2) is 0 Å². The number of halogens is 1. The summed E-state index contributed by atoms with van der Waals surface area (Å²) in [7, 11) is 0. The Morgan fingerprint density at radius 3 is 2.45 bits per heavy atom. The van der Waals surface area contributed by atoms with Gasteiger partial charge in [0.2, 0.25) is 0 Å². The van der Waals surface area contributed by atoms with Crippen molar-refractivity contribution in [2.45, 2.75) is 39.2 Å². The maximum absolute atomic E-state index is 5.85. The van der Waals surface area contributed by atoms with Gasteiger partial charge in [-0.05, 0) is 47.2 Å². The van der Waals surface area contributed by atoms with Gasteiger partial charge in [-0.1, -0.05) is 44.5 Å². The molecule has 0 aliphatic rings. The first kappa shape index (κ1) is 14.9. The van der Waals surface area contributed by atoms with Crippen LogP contribution in [0.2, 0.25) is 5.15 Å². The summed E-state index contributed by atoms with van der Waals surface area (Å²) < 4.78 is 5.76. The second kappa shape index (κ2) is 6.27. The molecule has 3 heteroatoms. The lowest BCUT2D eigenvalue weighted by molar-refractivity contribution is 0.306. The molecule has 0 unspecified atom stereocenters. The van der Waals surface area contributed by atoms with Crippen LogP contribution >= 0.6 is 11.6 Å². The molecule has 1 aromatic carbocycles. The first-order chi connectivity index (χ1) is 9.51. The zero-order valence-electron chi connectivity index (χ0n) is 12.2. The summed E-state index contributed by atoms with van der Waals surface area (Å²) in [5.74, 6) is 0.869. The molecule has 0 fully saturated rings. The smallest absolute Gasteiger partial charge is 0.129 e. The molecule has 0 aliphatic heterocycles. The summed E-state index contributed by atoms with van der Waals surface area (Å²) in [5.41, 5.74) is 2.55. The van der Waals surface area contributed by atoms with Crippen molar-refractivity contribution in [2.75, 3.05) is 0 Å². The molecule has 0 aliphatic carbocycles. The third-order valence-corrected chi connectivity index (χ3v) is 3.92. The number of pyridine rings is 1. The Morgan fingerprint density at radius 2 is 1.85 bits per heavy atom. The molecule has 0 saturated carbocycles. The third-order valence-electron chi connectivity index (χ3n) is 3.72. The average molecular weight is 290 g/mol. The second-order valence-corrected chi connectivity index (χ2v) is 5.92. The van der Waals surface area contributed by atoms with Gasteiger partial charge in [0.25, 0.3) is 0 Å². The normalized spacial score (nSPS) is 11.4. The standard InChI is InChI=1S/C17H20ClNO/c1-4-17(2,3)14-5-7-15(8-6-14)20-12-13-9-10-19-16(18)11-13/h5-11H,4,12H2,1-3H3. The fourth-order valence-corrected chi connectivity index (χ4v) is 2.10. The quantitative estimate of drug-likeness (QED) is 0.723. The molecule has 1 heterocycles. The topological polar surface area (TPSA) is 22.1 Å². The van der Waals surface area contributed by atoms with E-state index in [-0.39, 0.29) is 5.41 Å². The van der Waals surface area contributed by atoms with E-state index < -0.39 is 0 Å². The lowest BCUT2D eigenvalue weighted by Gasteiger charge is -2.23. The van der Waals surface area contributed by atoms with Crippen molar-refractivity contribution in [3.8, 4) is 5.75 Å². The number of aromatic nitrogens is 1. The van der Waals surface area contributed by atoms with Gasteiger partial charge in [-0.25, -0.2) is 4.98 Å². The van der Waals surface area contributed by atoms with Gasteiger partial charge in [-0.15, -0.1) is 0 Å². The van der Waals surface area contributed by atoms with Gasteiger partial charge in [-0.3, -0.25) is 0 Å². The SMILES string of the molecule is CCC(C)(C)c1ccc(OCc2ccnc(Cl)c2)cc1. The Bertz CT molecular complexity index is 563. The number of hydrogen-bond donors (Lipinski definition) is 0. The molecule has 2 nitrogen and oxygen atoms in total. The number of rotatable bonds is 5. The van der Waals surface area contributed by atoms with Gasteiger partial charge in [0.1, 0.15) is 17.5 Å². The molecule has 2 aromatic rings. The van der Waals surface area contributed by atoms with Crippen LogP contribution in [0.3, 0.4) is 0 Å². The third kappa shape index (κ3) is 3.73. The lowest BCUT2D eigenvalue weighted by Crippen LogP contribution is -2.15. The summed E-state index contributed by atoms with van der Waals surface area (Å²) in [4.78, 5) is 3.95. The predicted octanol–water partition coefficient (Wildman–Crippen LogP) is 5.00. The highest BCUT2D eigenvalue weighted by atomic mass is 35.5. The Kier molecular flexibility index (Phi) is 4.66. The molecule has 0 radical (unpaired) electrons. The van der Waals surface area contributed by atoms with Crippen LogP contribution in [0.25, 0.3) is 0 Å². The minimum absolute atomic E-state index is 0.206. The fourth-order valence-electron chi connectivity index (χ4n) is 1.91. The maximum atomic E-state index is 5.85. The maximum Gasteiger partial charge on any atom is 0.129 e. The van der Waals surface area contributed by atoms with Crippen molar-refractivity contribution in [3.05, 3.63) is 58.9 Å². The molecule has 0 N–H and O–H groups in total. The molecule has 106 valence electrons. The van der Waals surface area contributed by atoms with Gasteiger partial charge >= 0.3 is 0 Å². The second-order valence-electron chi connectivity index (χ2n) is 5.54. The van der Waals surface area contributed by atoms with E-state index in [4.69, 9.17) is 16.3 Å². The first-order valence-electron chi connectivity index (χ1n) is 6.85. The molecule has 0 atom stereocenters. The van der Waals surface area contributed by atoms with E-state index in [1.54, 1.807) is 6.20 Å². The monoisotopic (exact) mass is 289 g/mol. The van der Waals surface area contributed by atoms with E-state index in [1.807, 2.05) is 24.3 Å². The fraction of sp³-hybridized carbons (Fsp3) is 0.353. The lowest BCUT2D eigenvalue weighted by atomic mass is 9.82. The van der Waals surface area contributed by atoms with Crippen molar-refractivity contribution in [1.82, 2.24) is 4.98 Å². The Balaban J connectivity index is 2.01. The summed E-state index contributed by atoms with van der Waals surface area (Å²) in [6, 6.07) is 12.0. The van der Waals surface area contributed by atoms with Crippen molar-refractivity contribution >= 4 is 11.6 Å². The first-order valence-corrected chi connectivity index (χ1v) is 7.23. The van der Waals surface area contributed by atoms with Gasteiger partial charge < -0.3 is 4.74 Å². The van der Waals surface area contributed by atoms with Crippen LogP contribution in [-0.2, 0) is 12.0 Å².